The lowest BCUT2D eigenvalue weighted by molar-refractivity contribution is -0.127. The number of piperidine rings is 1. The van der Waals surface area contributed by atoms with Gasteiger partial charge in [0.05, 0.1) is 6.04 Å². The number of nitrogens with zero attached hydrogens (tertiary/aromatic N) is 1. The number of carbonyl (C=O) groups is 1. The highest BCUT2D eigenvalue weighted by molar-refractivity contribution is 7.08. The Morgan fingerprint density at radius 2 is 1.81 bits per heavy atom. The number of hydrogen-bond acceptors (Lipinski definition) is 4. The Bertz CT molecular complexity index is 988. The van der Waals surface area contributed by atoms with Gasteiger partial charge >= 0.3 is 0 Å². The molecule has 0 radical (unpaired) electrons. The van der Waals surface area contributed by atoms with E-state index in [2.05, 4.69) is 15.6 Å². The fraction of sp³-hybridized carbons (Fsp3) is 0.320. The highest BCUT2D eigenvalue weighted by atomic mass is 35.5. The van der Waals surface area contributed by atoms with Gasteiger partial charge in [-0.3, -0.25) is 9.69 Å². The average molecular weight is 473 g/mol. The molecule has 32 heavy (non-hydrogen) atoms. The Morgan fingerprint density at radius 3 is 2.47 bits per heavy atom. The Labute approximate surface area is 197 Å². The van der Waals surface area contributed by atoms with Crippen LogP contribution in [0, 0.1) is 11.7 Å². The second kappa shape index (κ2) is 10.9. The second-order valence-electron chi connectivity index (χ2n) is 7.97. The van der Waals surface area contributed by atoms with Crippen molar-refractivity contribution in [3.05, 3.63) is 87.3 Å². The van der Waals surface area contributed by atoms with Crippen LogP contribution in [0.4, 0.5) is 4.39 Å². The monoisotopic (exact) mass is 472 g/mol. The predicted molar refractivity (Wildman–Crippen MR) is 127 cm³/mol. The lowest BCUT2D eigenvalue weighted by atomic mass is 9.94. The quantitative estimate of drug-likeness (QED) is 0.468. The van der Waals surface area contributed by atoms with E-state index in [4.69, 9.17) is 16.3 Å². The van der Waals surface area contributed by atoms with Gasteiger partial charge in [0.25, 0.3) is 0 Å². The van der Waals surface area contributed by atoms with Gasteiger partial charge < -0.3 is 10.1 Å². The van der Waals surface area contributed by atoms with E-state index in [1.807, 2.05) is 35.7 Å². The number of hydrogen-bond donors (Lipinski definition) is 1. The summed E-state index contributed by atoms with van der Waals surface area (Å²) in [5.41, 5.74) is 2.11. The molecule has 0 aliphatic carbocycles. The van der Waals surface area contributed by atoms with E-state index in [9.17, 15) is 9.18 Å². The molecule has 0 saturated carbocycles. The van der Waals surface area contributed by atoms with Crippen LogP contribution in [-0.4, -0.2) is 37.0 Å². The van der Waals surface area contributed by atoms with Gasteiger partial charge in [-0.15, -0.1) is 0 Å². The number of rotatable bonds is 8. The van der Waals surface area contributed by atoms with E-state index >= 15 is 0 Å². The smallest absolute Gasteiger partial charge is 0.223 e. The number of carbonyl (C=O) groups excluding carboxylic acids is 1. The summed E-state index contributed by atoms with van der Waals surface area (Å²) in [5.74, 6) is 0.494. The molecule has 1 fully saturated rings. The molecular formula is C25H26ClFN2O2S. The Balaban J connectivity index is 1.27. The van der Waals surface area contributed by atoms with Gasteiger partial charge in [-0.05, 0) is 90.3 Å². The van der Waals surface area contributed by atoms with Crippen LogP contribution in [0.15, 0.2) is 65.4 Å². The first kappa shape index (κ1) is 22.8. The average Bonchev–Trinajstić information content (AvgIpc) is 3.34. The second-order valence-corrected chi connectivity index (χ2v) is 9.18. The first-order chi connectivity index (χ1) is 15.6. The zero-order valence-corrected chi connectivity index (χ0v) is 19.2. The Morgan fingerprint density at radius 1 is 1.09 bits per heavy atom. The van der Waals surface area contributed by atoms with Crippen LogP contribution in [0.25, 0.3) is 0 Å². The third-order valence-electron chi connectivity index (χ3n) is 5.81. The number of likely N-dealkylation sites (tertiary alicyclic amines) is 1. The molecule has 1 saturated heterocycles. The van der Waals surface area contributed by atoms with Crippen LogP contribution < -0.4 is 10.1 Å². The van der Waals surface area contributed by atoms with Crippen molar-refractivity contribution in [1.82, 2.24) is 10.2 Å². The van der Waals surface area contributed by atoms with Gasteiger partial charge in [-0.25, -0.2) is 4.39 Å². The van der Waals surface area contributed by atoms with Crippen LogP contribution in [-0.2, 0) is 4.79 Å². The molecule has 0 spiro atoms. The maximum absolute atomic E-state index is 13.1. The Hall–Kier alpha value is -2.41. The van der Waals surface area contributed by atoms with E-state index in [-0.39, 0.29) is 23.7 Å². The van der Waals surface area contributed by atoms with Crippen molar-refractivity contribution in [2.24, 2.45) is 5.92 Å². The molecule has 1 aliphatic rings. The number of ether oxygens (including phenoxy) is 1. The van der Waals surface area contributed by atoms with Crippen molar-refractivity contribution >= 4 is 28.8 Å². The van der Waals surface area contributed by atoms with Gasteiger partial charge in [-0.1, -0.05) is 23.7 Å². The molecule has 0 bridgehead atoms. The molecule has 168 valence electrons. The minimum atomic E-state index is -0.269. The summed E-state index contributed by atoms with van der Waals surface area (Å²) in [6.45, 7) is 3.04. The Kier molecular flexibility index (Phi) is 7.79. The number of benzene rings is 2. The van der Waals surface area contributed by atoms with Gasteiger partial charge in [0.2, 0.25) is 5.91 Å². The minimum Gasteiger partial charge on any atom is -0.492 e. The number of nitrogens with one attached hydrogen (secondary N) is 1. The zero-order chi connectivity index (χ0) is 22.3. The summed E-state index contributed by atoms with van der Waals surface area (Å²) in [4.78, 5) is 15.4. The molecule has 4 nitrogen and oxygen atoms in total. The van der Waals surface area contributed by atoms with E-state index in [1.165, 1.54) is 12.1 Å². The molecule has 2 aromatic carbocycles. The van der Waals surface area contributed by atoms with Crippen molar-refractivity contribution in [3.63, 3.8) is 0 Å². The van der Waals surface area contributed by atoms with E-state index < -0.39 is 0 Å². The summed E-state index contributed by atoms with van der Waals surface area (Å²) < 4.78 is 18.7. The van der Waals surface area contributed by atoms with Gasteiger partial charge in [-0.2, -0.15) is 11.3 Å². The molecule has 4 rings (SSSR count). The van der Waals surface area contributed by atoms with E-state index in [0.717, 1.165) is 43.6 Å². The molecule has 1 atom stereocenters. The summed E-state index contributed by atoms with van der Waals surface area (Å²) in [7, 11) is 0. The largest absolute Gasteiger partial charge is 0.492 e. The standard InChI is InChI=1S/C25H26ClFN2O2S/c26-21-3-1-18(2-4-21)24(20-11-16-32-17-20)28-25(30)19-9-12-29(13-10-19)14-15-31-23-7-5-22(27)6-8-23/h1-8,11,16-17,19,24H,9-10,12-15H2,(H,28,30). The van der Waals surface area contributed by atoms with Crippen molar-refractivity contribution < 1.29 is 13.9 Å². The topological polar surface area (TPSA) is 41.6 Å². The highest BCUT2D eigenvalue weighted by Gasteiger charge is 2.27. The first-order valence-electron chi connectivity index (χ1n) is 10.8. The SMILES string of the molecule is O=C(NC(c1ccc(Cl)cc1)c1ccsc1)C1CCN(CCOc2ccc(F)cc2)CC1. The summed E-state index contributed by atoms with van der Waals surface area (Å²) in [5, 5.41) is 8.04. The maximum Gasteiger partial charge on any atom is 0.223 e. The third kappa shape index (κ3) is 6.09. The maximum atomic E-state index is 13.1. The van der Waals surface area contributed by atoms with Crippen LogP contribution in [0.2, 0.25) is 5.02 Å². The third-order valence-corrected chi connectivity index (χ3v) is 6.77. The molecular weight excluding hydrogens is 447 g/mol. The molecule has 3 aromatic rings. The lowest BCUT2D eigenvalue weighted by Gasteiger charge is -2.32. The normalized spacial score (nSPS) is 15.9. The summed E-state index contributed by atoms with van der Waals surface area (Å²) >= 11 is 7.67. The molecule has 1 aliphatic heterocycles. The van der Waals surface area contributed by atoms with Gasteiger partial charge in [0.15, 0.2) is 0 Å². The van der Waals surface area contributed by atoms with Crippen molar-refractivity contribution in [2.75, 3.05) is 26.2 Å². The molecule has 2 heterocycles. The van der Waals surface area contributed by atoms with Crippen molar-refractivity contribution in [1.29, 1.82) is 0 Å². The number of amides is 1. The fourth-order valence-electron chi connectivity index (χ4n) is 3.96. The van der Waals surface area contributed by atoms with Crippen LogP contribution in [0.3, 0.4) is 0 Å². The van der Waals surface area contributed by atoms with Crippen molar-refractivity contribution in [3.8, 4) is 5.75 Å². The molecule has 1 N–H and O–H groups in total. The highest BCUT2D eigenvalue weighted by Crippen LogP contribution is 2.27. The van der Waals surface area contributed by atoms with Crippen LogP contribution >= 0.6 is 22.9 Å². The van der Waals surface area contributed by atoms with Gasteiger partial charge in [0, 0.05) is 17.5 Å². The molecule has 1 amide bonds. The van der Waals surface area contributed by atoms with Crippen LogP contribution in [0.5, 0.6) is 5.75 Å². The lowest BCUT2D eigenvalue weighted by Crippen LogP contribution is -2.42. The summed E-state index contributed by atoms with van der Waals surface area (Å²) in [6, 6.07) is 15.6. The first-order valence-corrected chi connectivity index (χ1v) is 12.1. The molecule has 7 heteroatoms. The zero-order valence-electron chi connectivity index (χ0n) is 17.7. The molecule has 1 unspecified atom stereocenters. The predicted octanol–water partition coefficient (Wildman–Crippen LogP) is 5.54. The minimum absolute atomic E-state index is 0.00213. The molecule has 1 aromatic heterocycles. The summed E-state index contributed by atoms with van der Waals surface area (Å²) in [6.07, 6.45) is 1.64. The van der Waals surface area contributed by atoms with E-state index in [0.29, 0.717) is 17.4 Å². The van der Waals surface area contributed by atoms with Crippen molar-refractivity contribution in [2.45, 2.75) is 18.9 Å². The number of thiophene rings is 1. The van der Waals surface area contributed by atoms with Crippen LogP contribution in [0.1, 0.15) is 30.0 Å². The van der Waals surface area contributed by atoms with Gasteiger partial charge in [0.1, 0.15) is 18.2 Å². The fourth-order valence-corrected chi connectivity index (χ4v) is 4.77. The number of halogens is 2. The van der Waals surface area contributed by atoms with E-state index in [1.54, 1.807) is 23.5 Å².